The van der Waals surface area contributed by atoms with Crippen molar-refractivity contribution < 1.29 is 14.6 Å². The topological polar surface area (TPSA) is 82.6 Å². The predicted molar refractivity (Wildman–Crippen MR) is 112 cm³/mol. The summed E-state index contributed by atoms with van der Waals surface area (Å²) in [6, 6.07) is 15.3. The number of hydrogen-bond acceptors (Lipinski definition) is 4. The van der Waals surface area contributed by atoms with Crippen molar-refractivity contribution in [3.8, 4) is 11.5 Å². The summed E-state index contributed by atoms with van der Waals surface area (Å²) >= 11 is 22.9. The summed E-state index contributed by atoms with van der Waals surface area (Å²) < 4.78 is 3.45. The molecule has 0 spiro atoms. The molecule has 2 aromatic rings. The summed E-state index contributed by atoms with van der Waals surface area (Å²) in [4.78, 5) is 12.1. The van der Waals surface area contributed by atoms with Gasteiger partial charge in [0.15, 0.2) is 11.7 Å². The maximum absolute atomic E-state index is 12.1. The van der Waals surface area contributed by atoms with Crippen molar-refractivity contribution >= 4 is 63.7 Å². The van der Waals surface area contributed by atoms with Crippen LogP contribution in [0.5, 0.6) is 11.5 Å². The highest BCUT2D eigenvalue weighted by Crippen LogP contribution is 2.29. The molecule has 2 aromatic carbocycles. The third kappa shape index (κ3) is 7.30. The van der Waals surface area contributed by atoms with E-state index in [0.717, 1.165) is 0 Å². The lowest BCUT2D eigenvalue weighted by molar-refractivity contribution is -0.123. The second kappa shape index (κ2) is 9.85. The van der Waals surface area contributed by atoms with E-state index in [1.54, 1.807) is 42.5 Å². The molecule has 144 valence electrons. The van der Waals surface area contributed by atoms with Crippen molar-refractivity contribution in [2.24, 2.45) is 0 Å². The first kappa shape index (κ1) is 21.4. The van der Waals surface area contributed by atoms with E-state index < -0.39 is 15.9 Å². The third-order valence-corrected chi connectivity index (χ3v) is 4.05. The monoisotopic (exact) mass is 447 g/mol. The van der Waals surface area contributed by atoms with Gasteiger partial charge >= 0.3 is 0 Å². The molecule has 0 bridgehead atoms. The lowest BCUT2D eigenvalue weighted by Crippen LogP contribution is -2.56. The second-order valence-corrected chi connectivity index (χ2v) is 8.04. The van der Waals surface area contributed by atoms with Crippen LogP contribution in [0.3, 0.4) is 0 Å². The van der Waals surface area contributed by atoms with E-state index in [4.69, 9.17) is 51.8 Å². The van der Waals surface area contributed by atoms with Gasteiger partial charge in [-0.25, -0.2) is 0 Å². The molecule has 0 aliphatic heterocycles. The predicted octanol–water partition coefficient (Wildman–Crippen LogP) is 3.57. The van der Waals surface area contributed by atoms with Gasteiger partial charge < -0.3 is 25.8 Å². The lowest BCUT2D eigenvalue weighted by Gasteiger charge is -2.27. The Bertz CT molecular complexity index is 788. The molecule has 0 unspecified atom stereocenters. The molecule has 0 aromatic heterocycles. The number of carbonyl (C=O) groups excluding carboxylic acids is 1. The number of phenols is 1. The number of nitrogens with one attached hydrogen (secondary N) is 3. The van der Waals surface area contributed by atoms with Crippen LogP contribution in [-0.4, -0.2) is 32.7 Å². The SMILES string of the molecule is O=C(COc1ccccc1)N[C@H](NC(=S)Nc1ccccc1O)C(Cl)(Cl)Cl. The van der Waals surface area contributed by atoms with E-state index in [2.05, 4.69) is 16.0 Å². The molecule has 0 fully saturated rings. The summed E-state index contributed by atoms with van der Waals surface area (Å²) in [5.41, 5.74) is 0.358. The van der Waals surface area contributed by atoms with Gasteiger partial charge in [-0.15, -0.1) is 0 Å². The largest absolute Gasteiger partial charge is 0.506 e. The minimum absolute atomic E-state index is 0.00706. The fourth-order valence-electron chi connectivity index (χ4n) is 1.94. The van der Waals surface area contributed by atoms with Gasteiger partial charge in [0.1, 0.15) is 17.7 Å². The highest BCUT2D eigenvalue weighted by atomic mass is 35.6. The molecule has 2 rings (SSSR count). The van der Waals surface area contributed by atoms with Crippen molar-refractivity contribution in [1.29, 1.82) is 0 Å². The number of para-hydroxylation sites is 3. The minimum Gasteiger partial charge on any atom is -0.506 e. The van der Waals surface area contributed by atoms with E-state index in [1.807, 2.05) is 6.07 Å². The Kier molecular flexibility index (Phi) is 7.79. The fraction of sp³-hybridized carbons (Fsp3) is 0.176. The molecule has 4 N–H and O–H groups in total. The highest BCUT2D eigenvalue weighted by Gasteiger charge is 2.34. The van der Waals surface area contributed by atoms with E-state index in [-0.39, 0.29) is 17.5 Å². The number of ether oxygens (including phenoxy) is 1. The molecule has 0 saturated heterocycles. The summed E-state index contributed by atoms with van der Waals surface area (Å²) in [5, 5.41) is 17.7. The Balaban J connectivity index is 1.93. The average molecular weight is 449 g/mol. The molecule has 10 heteroatoms. The van der Waals surface area contributed by atoms with Crippen LogP contribution in [0, 0.1) is 0 Å². The molecule has 1 amide bonds. The van der Waals surface area contributed by atoms with E-state index in [0.29, 0.717) is 11.4 Å². The fourth-order valence-corrected chi connectivity index (χ4v) is 2.49. The number of carbonyl (C=O) groups is 1. The lowest BCUT2D eigenvalue weighted by atomic mass is 10.3. The van der Waals surface area contributed by atoms with Crippen LogP contribution >= 0.6 is 47.0 Å². The molecule has 27 heavy (non-hydrogen) atoms. The van der Waals surface area contributed by atoms with Crippen molar-refractivity contribution in [3.63, 3.8) is 0 Å². The number of halogens is 3. The molecule has 0 radical (unpaired) electrons. The number of aromatic hydroxyl groups is 1. The number of rotatable bonds is 6. The van der Waals surface area contributed by atoms with Crippen molar-refractivity contribution in [2.75, 3.05) is 11.9 Å². The van der Waals surface area contributed by atoms with Crippen LogP contribution < -0.4 is 20.7 Å². The van der Waals surface area contributed by atoms with Gasteiger partial charge in [0.25, 0.3) is 5.91 Å². The van der Waals surface area contributed by atoms with Crippen LogP contribution in [0.1, 0.15) is 0 Å². The van der Waals surface area contributed by atoms with Gasteiger partial charge in [-0.2, -0.15) is 0 Å². The van der Waals surface area contributed by atoms with E-state index in [9.17, 15) is 9.90 Å². The van der Waals surface area contributed by atoms with Gasteiger partial charge in [-0.05, 0) is 36.5 Å². The van der Waals surface area contributed by atoms with E-state index in [1.165, 1.54) is 6.07 Å². The Hall–Kier alpha value is -1.93. The van der Waals surface area contributed by atoms with E-state index >= 15 is 0 Å². The summed E-state index contributed by atoms with van der Waals surface area (Å²) in [6.07, 6.45) is -1.14. The van der Waals surface area contributed by atoms with Crippen molar-refractivity contribution in [1.82, 2.24) is 10.6 Å². The van der Waals surface area contributed by atoms with Gasteiger partial charge in [-0.1, -0.05) is 65.1 Å². The standard InChI is InChI=1S/C17H16Cl3N3O3S/c18-17(19,20)15(22-14(25)10-26-11-6-2-1-3-7-11)23-16(27)21-12-8-4-5-9-13(12)24/h1-9,15,24H,10H2,(H,22,25)(H2,21,23,27)/t15-/m1/s1. The zero-order chi connectivity index (χ0) is 19.9. The first-order chi connectivity index (χ1) is 12.8. The third-order valence-electron chi connectivity index (χ3n) is 3.17. The Morgan fingerprint density at radius 3 is 2.33 bits per heavy atom. The summed E-state index contributed by atoms with van der Waals surface area (Å²) in [5.74, 6) is 0.00296. The molecule has 0 aliphatic carbocycles. The number of amides is 1. The minimum atomic E-state index is -1.90. The van der Waals surface area contributed by atoms with Crippen molar-refractivity contribution in [3.05, 3.63) is 54.6 Å². The second-order valence-electron chi connectivity index (χ2n) is 5.26. The maximum atomic E-state index is 12.1. The number of benzene rings is 2. The first-order valence-corrected chi connectivity index (χ1v) is 9.19. The zero-order valence-corrected chi connectivity index (χ0v) is 16.9. The smallest absolute Gasteiger partial charge is 0.259 e. The van der Waals surface area contributed by atoms with Gasteiger partial charge in [0.05, 0.1) is 5.69 Å². The van der Waals surface area contributed by atoms with Crippen molar-refractivity contribution in [2.45, 2.75) is 9.96 Å². The molecule has 6 nitrogen and oxygen atoms in total. The highest BCUT2D eigenvalue weighted by molar-refractivity contribution is 7.80. The Morgan fingerprint density at radius 2 is 1.70 bits per heavy atom. The molecule has 1 atom stereocenters. The summed E-state index contributed by atoms with van der Waals surface area (Å²) in [7, 11) is 0. The first-order valence-electron chi connectivity index (χ1n) is 7.65. The maximum Gasteiger partial charge on any atom is 0.259 e. The quantitative estimate of drug-likeness (QED) is 0.234. The van der Waals surface area contributed by atoms with Crippen LogP contribution in [0.2, 0.25) is 0 Å². The number of alkyl halides is 3. The van der Waals surface area contributed by atoms with Crippen LogP contribution in [-0.2, 0) is 4.79 Å². The van der Waals surface area contributed by atoms with Crippen LogP contribution in [0.4, 0.5) is 5.69 Å². The number of hydrogen-bond donors (Lipinski definition) is 4. The van der Waals surface area contributed by atoms with Gasteiger partial charge in [0, 0.05) is 0 Å². The molecule has 0 saturated carbocycles. The Labute approximate surface area is 176 Å². The van der Waals surface area contributed by atoms with Gasteiger partial charge in [0.2, 0.25) is 3.79 Å². The Morgan fingerprint density at radius 1 is 1.07 bits per heavy atom. The number of anilines is 1. The van der Waals surface area contributed by atoms with Crippen LogP contribution in [0.25, 0.3) is 0 Å². The molecule has 0 aliphatic rings. The van der Waals surface area contributed by atoms with Gasteiger partial charge in [-0.3, -0.25) is 4.79 Å². The normalized spacial score (nSPS) is 12.0. The number of phenolic OH excluding ortho intramolecular Hbond substituents is 1. The zero-order valence-electron chi connectivity index (χ0n) is 13.8. The molecule has 0 heterocycles. The number of thiocarbonyl (C=S) groups is 1. The molecular formula is C17H16Cl3N3O3S. The summed E-state index contributed by atoms with van der Waals surface area (Å²) in [6.45, 7) is -0.275. The molecular weight excluding hydrogens is 433 g/mol. The van der Waals surface area contributed by atoms with Crippen LogP contribution in [0.15, 0.2) is 54.6 Å². The average Bonchev–Trinajstić information content (AvgIpc) is 2.61.